The lowest BCUT2D eigenvalue weighted by Gasteiger charge is -2.09. The van der Waals surface area contributed by atoms with Crippen molar-refractivity contribution in [3.05, 3.63) is 62.2 Å². The summed E-state index contributed by atoms with van der Waals surface area (Å²) in [7, 11) is 0. The maximum atomic E-state index is 12.0. The minimum atomic E-state index is -0.0628. The predicted octanol–water partition coefficient (Wildman–Crippen LogP) is 1.98. The fourth-order valence-electron chi connectivity index (χ4n) is 2.00. The molecule has 0 fully saturated rings. The molecule has 1 amide bonds. The molecule has 2 aromatic rings. The van der Waals surface area contributed by atoms with E-state index in [0.717, 1.165) is 15.7 Å². The minimum absolute atomic E-state index is 0.0605. The molecule has 116 valence electrons. The Bertz CT molecular complexity index is 723. The summed E-state index contributed by atoms with van der Waals surface area (Å²) in [6, 6.07) is 7.62. The van der Waals surface area contributed by atoms with Gasteiger partial charge >= 0.3 is 0 Å². The third kappa shape index (κ3) is 4.27. The zero-order valence-corrected chi connectivity index (χ0v) is 14.2. The Kier molecular flexibility index (Phi) is 5.49. The maximum absolute atomic E-state index is 12.0. The molecule has 0 saturated heterocycles. The predicted molar refractivity (Wildman–Crippen MR) is 88.8 cm³/mol. The van der Waals surface area contributed by atoms with Gasteiger partial charge in [0.15, 0.2) is 0 Å². The number of amides is 1. The number of carbonyl (C=O) groups excluding carboxylic acids is 1. The number of halogens is 1. The van der Waals surface area contributed by atoms with Gasteiger partial charge in [-0.1, -0.05) is 28.1 Å². The normalized spacial score (nSPS) is 10.5. The van der Waals surface area contributed by atoms with E-state index < -0.39 is 0 Å². The first-order chi connectivity index (χ1) is 10.5. The third-order valence-corrected chi connectivity index (χ3v) is 4.00. The minimum Gasteiger partial charge on any atom is -0.354 e. The molecule has 2 rings (SSSR count). The molecule has 0 atom stereocenters. The van der Waals surface area contributed by atoms with Crippen LogP contribution < -0.4 is 10.9 Å². The van der Waals surface area contributed by atoms with Crippen LogP contribution in [0.15, 0.2) is 39.9 Å². The molecule has 1 heterocycles. The van der Waals surface area contributed by atoms with Gasteiger partial charge in [-0.2, -0.15) is 0 Å². The van der Waals surface area contributed by atoms with Crippen LogP contribution in [0.4, 0.5) is 0 Å². The van der Waals surface area contributed by atoms with Crippen LogP contribution >= 0.6 is 15.9 Å². The highest BCUT2D eigenvalue weighted by Gasteiger charge is 2.05. The van der Waals surface area contributed by atoms with Crippen LogP contribution in [0.2, 0.25) is 0 Å². The van der Waals surface area contributed by atoms with Crippen molar-refractivity contribution in [3.8, 4) is 0 Å². The molecule has 22 heavy (non-hydrogen) atoms. The Labute approximate surface area is 137 Å². The molecule has 1 aromatic carbocycles. The largest absolute Gasteiger partial charge is 0.354 e. The number of benzene rings is 1. The Balaban J connectivity index is 1.86. The van der Waals surface area contributed by atoms with Gasteiger partial charge in [0.25, 0.3) is 5.56 Å². The highest BCUT2D eigenvalue weighted by molar-refractivity contribution is 9.10. The average molecular weight is 364 g/mol. The highest BCUT2D eigenvalue weighted by atomic mass is 79.9. The molecule has 0 bridgehead atoms. The van der Waals surface area contributed by atoms with Crippen molar-refractivity contribution in [1.82, 2.24) is 14.9 Å². The van der Waals surface area contributed by atoms with E-state index in [-0.39, 0.29) is 11.5 Å². The molecule has 0 aliphatic rings. The van der Waals surface area contributed by atoms with Crippen molar-refractivity contribution in [2.45, 2.75) is 26.8 Å². The van der Waals surface area contributed by atoms with Gasteiger partial charge in [-0.15, -0.1) is 0 Å². The molecule has 0 aliphatic heterocycles. The van der Waals surface area contributed by atoms with E-state index in [1.807, 2.05) is 24.3 Å². The second-order valence-electron chi connectivity index (χ2n) is 5.11. The fourth-order valence-corrected chi connectivity index (χ4v) is 2.27. The van der Waals surface area contributed by atoms with Crippen LogP contribution in [0.25, 0.3) is 0 Å². The van der Waals surface area contributed by atoms with Crippen molar-refractivity contribution in [1.29, 1.82) is 0 Å². The first-order valence-electron chi connectivity index (χ1n) is 7.01. The number of nitrogens with one attached hydrogen (secondary N) is 1. The van der Waals surface area contributed by atoms with Crippen molar-refractivity contribution in [2.24, 2.45) is 0 Å². The van der Waals surface area contributed by atoms with Crippen molar-refractivity contribution in [3.63, 3.8) is 0 Å². The summed E-state index contributed by atoms with van der Waals surface area (Å²) in [5, 5.41) is 2.82. The van der Waals surface area contributed by atoms with E-state index in [1.165, 1.54) is 10.9 Å². The van der Waals surface area contributed by atoms with Gasteiger partial charge in [-0.05, 0) is 31.5 Å². The number of carbonyl (C=O) groups is 1. The molecule has 0 aliphatic carbocycles. The third-order valence-electron chi connectivity index (χ3n) is 3.47. The molecule has 5 nitrogen and oxygen atoms in total. The topological polar surface area (TPSA) is 64.0 Å². The van der Waals surface area contributed by atoms with Gasteiger partial charge in [0.1, 0.15) is 0 Å². The lowest BCUT2D eigenvalue weighted by Crippen LogP contribution is -2.32. The van der Waals surface area contributed by atoms with Crippen LogP contribution in [0.5, 0.6) is 0 Å². The van der Waals surface area contributed by atoms with Crippen LogP contribution in [-0.2, 0) is 17.8 Å². The van der Waals surface area contributed by atoms with E-state index in [2.05, 4.69) is 26.2 Å². The summed E-state index contributed by atoms with van der Waals surface area (Å²) >= 11 is 3.36. The first kappa shape index (κ1) is 16.4. The van der Waals surface area contributed by atoms with Gasteiger partial charge in [-0.3, -0.25) is 14.2 Å². The SMILES string of the molecule is Cc1ncn(CCNC(=O)Cc2ccc(Br)cc2)c(=O)c1C. The quantitative estimate of drug-likeness (QED) is 0.883. The van der Waals surface area contributed by atoms with Gasteiger partial charge in [-0.25, -0.2) is 4.98 Å². The molecule has 0 radical (unpaired) electrons. The summed E-state index contributed by atoms with van der Waals surface area (Å²) in [5.41, 5.74) is 2.27. The standard InChI is InChI=1S/C16H18BrN3O2/c1-11-12(2)19-10-20(16(11)22)8-7-18-15(21)9-13-3-5-14(17)6-4-13/h3-6,10H,7-9H2,1-2H3,(H,18,21). The van der Waals surface area contributed by atoms with E-state index >= 15 is 0 Å². The molecule has 1 N–H and O–H groups in total. The van der Waals surface area contributed by atoms with Crippen molar-refractivity contribution >= 4 is 21.8 Å². The van der Waals surface area contributed by atoms with Crippen LogP contribution in [0, 0.1) is 13.8 Å². The Hall–Kier alpha value is -1.95. The molecule has 0 saturated carbocycles. The summed E-state index contributed by atoms with van der Waals surface area (Å²) in [4.78, 5) is 28.0. The highest BCUT2D eigenvalue weighted by Crippen LogP contribution is 2.10. The zero-order valence-electron chi connectivity index (χ0n) is 12.6. The average Bonchev–Trinajstić information content (AvgIpc) is 2.49. The number of rotatable bonds is 5. The molecule has 0 spiro atoms. The van der Waals surface area contributed by atoms with E-state index in [0.29, 0.717) is 25.1 Å². The van der Waals surface area contributed by atoms with Gasteiger partial charge in [0, 0.05) is 28.8 Å². The molecule has 1 aromatic heterocycles. The molecular formula is C16H18BrN3O2. The number of aromatic nitrogens is 2. The summed E-state index contributed by atoms with van der Waals surface area (Å²) in [6.45, 7) is 4.38. The van der Waals surface area contributed by atoms with Gasteiger partial charge in [0.05, 0.1) is 12.7 Å². The van der Waals surface area contributed by atoms with Gasteiger partial charge in [0.2, 0.25) is 5.91 Å². The summed E-state index contributed by atoms with van der Waals surface area (Å²) in [6.07, 6.45) is 1.85. The van der Waals surface area contributed by atoms with Crippen molar-refractivity contribution < 1.29 is 4.79 Å². The van der Waals surface area contributed by atoms with Crippen LogP contribution in [0.3, 0.4) is 0 Å². The van der Waals surface area contributed by atoms with E-state index in [9.17, 15) is 9.59 Å². The van der Waals surface area contributed by atoms with Crippen LogP contribution in [0.1, 0.15) is 16.8 Å². The molecular weight excluding hydrogens is 346 g/mol. The monoisotopic (exact) mass is 363 g/mol. The van der Waals surface area contributed by atoms with E-state index in [4.69, 9.17) is 0 Å². The smallest absolute Gasteiger partial charge is 0.256 e. The lowest BCUT2D eigenvalue weighted by atomic mass is 10.1. The summed E-state index contributed by atoms with van der Waals surface area (Å²) in [5.74, 6) is -0.0628. The van der Waals surface area contributed by atoms with Gasteiger partial charge < -0.3 is 5.32 Å². The summed E-state index contributed by atoms with van der Waals surface area (Å²) < 4.78 is 2.50. The fraction of sp³-hybridized carbons (Fsp3) is 0.312. The second-order valence-corrected chi connectivity index (χ2v) is 6.02. The number of nitrogens with zero attached hydrogens (tertiary/aromatic N) is 2. The Morgan fingerprint density at radius 1 is 1.27 bits per heavy atom. The first-order valence-corrected chi connectivity index (χ1v) is 7.80. The number of hydrogen-bond donors (Lipinski definition) is 1. The van der Waals surface area contributed by atoms with Crippen LogP contribution in [-0.4, -0.2) is 22.0 Å². The lowest BCUT2D eigenvalue weighted by molar-refractivity contribution is -0.120. The number of aryl methyl sites for hydroxylation is 1. The molecule has 6 heteroatoms. The number of hydrogen-bond acceptors (Lipinski definition) is 3. The Morgan fingerprint density at radius 2 is 1.95 bits per heavy atom. The maximum Gasteiger partial charge on any atom is 0.256 e. The van der Waals surface area contributed by atoms with E-state index in [1.54, 1.807) is 13.8 Å². The molecule has 0 unspecified atom stereocenters. The zero-order chi connectivity index (χ0) is 16.1. The second kappa shape index (κ2) is 7.35. The van der Waals surface area contributed by atoms with Crippen molar-refractivity contribution in [2.75, 3.05) is 6.54 Å². The Morgan fingerprint density at radius 3 is 2.64 bits per heavy atom.